The summed E-state index contributed by atoms with van der Waals surface area (Å²) in [6.07, 6.45) is -1.27. The predicted octanol–water partition coefficient (Wildman–Crippen LogP) is 7.08. The topological polar surface area (TPSA) is 71.3 Å². The quantitative estimate of drug-likeness (QED) is 0.197. The highest BCUT2D eigenvalue weighted by atomic mass is 19.4. The van der Waals surface area contributed by atoms with Gasteiger partial charge >= 0.3 is 6.18 Å². The number of carbonyl (C=O) groups is 1. The van der Waals surface area contributed by atoms with E-state index in [1.807, 2.05) is 62.4 Å². The molecule has 1 aliphatic rings. The maximum Gasteiger partial charge on any atom is 0.418 e. The monoisotopic (exact) mass is 621 g/mol. The number of hydrogen-bond acceptors (Lipinski definition) is 5. The molecule has 0 N–H and O–H groups in total. The first-order valence-electron chi connectivity index (χ1n) is 15.1. The van der Waals surface area contributed by atoms with Crippen LogP contribution in [-0.4, -0.2) is 51.5 Å². The van der Waals surface area contributed by atoms with Crippen LogP contribution in [0.5, 0.6) is 0 Å². The highest BCUT2D eigenvalue weighted by molar-refractivity contribution is 6.05. The van der Waals surface area contributed by atoms with Gasteiger partial charge in [0.1, 0.15) is 0 Å². The van der Waals surface area contributed by atoms with Crippen molar-refractivity contribution in [2.45, 2.75) is 20.0 Å². The Hall–Kier alpha value is -5.25. The van der Waals surface area contributed by atoms with Gasteiger partial charge in [-0.1, -0.05) is 38.1 Å². The SMILES string of the molecule is CC(C)C(=O)N1CCN(c2ccc(-n3c(=O)ccc4cnc5ccc(-c6cnc7ccccc7c6)cc5c43)cc2C(F)(F)F)CC1. The maximum atomic E-state index is 14.6. The Morgan fingerprint density at radius 1 is 0.783 bits per heavy atom. The fourth-order valence-electron chi connectivity index (χ4n) is 6.27. The lowest BCUT2D eigenvalue weighted by Gasteiger charge is -2.38. The average Bonchev–Trinajstić information content (AvgIpc) is 3.06. The van der Waals surface area contributed by atoms with E-state index in [9.17, 15) is 22.8 Å². The van der Waals surface area contributed by atoms with Crippen LogP contribution in [0.25, 0.3) is 49.5 Å². The summed E-state index contributed by atoms with van der Waals surface area (Å²) < 4.78 is 45.2. The Balaban J connectivity index is 1.35. The summed E-state index contributed by atoms with van der Waals surface area (Å²) in [6, 6.07) is 22.5. The number of nitrogens with zero attached hydrogens (tertiary/aromatic N) is 5. The lowest BCUT2D eigenvalue weighted by atomic mass is 10.0. The van der Waals surface area contributed by atoms with Crippen LogP contribution in [0.1, 0.15) is 19.4 Å². The molecule has 0 unspecified atom stereocenters. The molecule has 7 rings (SSSR count). The zero-order chi connectivity index (χ0) is 32.2. The van der Waals surface area contributed by atoms with Gasteiger partial charge in [0.05, 0.1) is 27.8 Å². The van der Waals surface area contributed by atoms with Crippen LogP contribution in [0.4, 0.5) is 18.9 Å². The third kappa shape index (κ3) is 5.23. The number of amides is 1. The number of anilines is 1. The van der Waals surface area contributed by atoms with Crippen molar-refractivity contribution in [3.05, 3.63) is 107 Å². The minimum Gasteiger partial charge on any atom is -0.367 e. The molecule has 3 aromatic heterocycles. The molecule has 10 heteroatoms. The van der Waals surface area contributed by atoms with Crippen LogP contribution in [0, 0.1) is 5.92 Å². The number of piperazine rings is 1. The number of para-hydroxylation sites is 1. The standard InChI is InChI=1S/C36H30F3N5O2/c1-22(2)35(46)43-15-13-42(14-16-43)32-11-9-27(19-29(32)36(37,38)39)44-33(45)12-8-25-20-41-31-10-7-23(18-28(31)34(25)44)26-17-24-5-3-4-6-30(24)40-21-26/h3-12,17-22H,13-16H2,1-2H3. The smallest absolute Gasteiger partial charge is 0.367 e. The fourth-order valence-corrected chi connectivity index (χ4v) is 6.27. The van der Waals surface area contributed by atoms with Gasteiger partial charge in [-0.05, 0) is 54.1 Å². The average molecular weight is 622 g/mol. The highest BCUT2D eigenvalue weighted by Gasteiger charge is 2.36. The van der Waals surface area contributed by atoms with E-state index in [1.165, 1.54) is 16.7 Å². The van der Waals surface area contributed by atoms with Crippen LogP contribution in [0.15, 0.2) is 96.1 Å². The van der Waals surface area contributed by atoms with Gasteiger partial charge in [0, 0.05) is 78.0 Å². The van der Waals surface area contributed by atoms with Crippen LogP contribution in [0.3, 0.4) is 0 Å². The molecule has 0 radical (unpaired) electrons. The second kappa shape index (κ2) is 11.3. The second-order valence-corrected chi connectivity index (χ2v) is 11.9. The van der Waals surface area contributed by atoms with Crippen LogP contribution in [-0.2, 0) is 11.0 Å². The van der Waals surface area contributed by atoms with Crippen LogP contribution >= 0.6 is 0 Å². The third-order valence-corrected chi connectivity index (χ3v) is 8.61. The van der Waals surface area contributed by atoms with Crippen LogP contribution in [0.2, 0.25) is 0 Å². The number of alkyl halides is 3. The fraction of sp³-hybridized carbons (Fsp3) is 0.222. The first-order chi connectivity index (χ1) is 22.1. The molecule has 0 saturated carbocycles. The Morgan fingerprint density at radius 3 is 2.30 bits per heavy atom. The Bertz CT molecular complexity index is 2200. The van der Waals surface area contributed by atoms with Gasteiger partial charge in [0.25, 0.3) is 5.56 Å². The van der Waals surface area contributed by atoms with E-state index in [2.05, 4.69) is 9.97 Å². The molecule has 1 aliphatic heterocycles. The van der Waals surface area contributed by atoms with Gasteiger partial charge in [-0.2, -0.15) is 13.2 Å². The molecular weight excluding hydrogens is 591 g/mol. The molecule has 1 saturated heterocycles. The zero-order valence-electron chi connectivity index (χ0n) is 25.3. The van der Waals surface area contributed by atoms with Gasteiger partial charge in [-0.3, -0.25) is 24.1 Å². The molecular formula is C36H30F3N5O2. The van der Waals surface area contributed by atoms with Gasteiger partial charge < -0.3 is 9.80 Å². The summed E-state index contributed by atoms with van der Waals surface area (Å²) in [7, 11) is 0. The molecule has 0 aliphatic carbocycles. The zero-order valence-corrected chi connectivity index (χ0v) is 25.3. The summed E-state index contributed by atoms with van der Waals surface area (Å²) in [5.41, 5.74) is 2.47. The molecule has 0 spiro atoms. The number of rotatable bonds is 4. The van der Waals surface area contributed by atoms with E-state index in [1.54, 1.807) is 34.3 Å². The highest BCUT2D eigenvalue weighted by Crippen LogP contribution is 2.39. The van der Waals surface area contributed by atoms with Gasteiger partial charge in [-0.15, -0.1) is 0 Å². The minimum absolute atomic E-state index is 0.0110. The van der Waals surface area contributed by atoms with E-state index in [0.29, 0.717) is 34.9 Å². The molecule has 4 heterocycles. The normalized spacial score (nSPS) is 14.1. The van der Waals surface area contributed by atoms with Crippen molar-refractivity contribution in [1.29, 1.82) is 0 Å². The van der Waals surface area contributed by atoms with Crippen molar-refractivity contribution in [1.82, 2.24) is 19.4 Å². The van der Waals surface area contributed by atoms with E-state index < -0.39 is 17.3 Å². The van der Waals surface area contributed by atoms with Crippen molar-refractivity contribution in [3.63, 3.8) is 0 Å². The first-order valence-corrected chi connectivity index (χ1v) is 15.1. The van der Waals surface area contributed by atoms with Gasteiger partial charge in [0.2, 0.25) is 5.91 Å². The number of carbonyl (C=O) groups excluding carboxylic acids is 1. The molecule has 0 bridgehead atoms. The molecule has 46 heavy (non-hydrogen) atoms. The van der Waals surface area contributed by atoms with E-state index in [0.717, 1.165) is 28.1 Å². The molecule has 0 atom stereocenters. The maximum absolute atomic E-state index is 14.6. The van der Waals surface area contributed by atoms with Gasteiger partial charge in [0.15, 0.2) is 0 Å². The molecule has 3 aromatic carbocycles. The van der Waals surface area contributed by atoms with E-state index in [4.69, 9.17) is 0 Å². The number of halogens is 3. The number of aromatic nitrogens is 3. The van der Waals surface area contributed by atoms with E-state index >= 15 is 0 Å². The Labute approximate surface area is 262 Å². The summed E-state index contributed by atoms with van der Waals surface area (Å²) >= 11 is 0. The molecule has 1 fully saturated rings. The second-order valence-electron chi connectivity index (χ2n) is 11.9. The lowest BCUT2D eigenvalue weighted by molar-refractivity contribution is -0.137. The number of fused-ring (bicyclic) bond motifs is 4. The van der Waals surface area contributed by atoms with Crippen molar-refractivity contribution < 1.29 is 18.0 Å². The molecule has 6 aromatic rings. The number of hydrogen-bond donors (Lipinski definition) is 0. The molecule has 232 valence electrons. The Morgan fingerprint density at radius 2 is 1.54 bits per heavy atom. The first kappa shape index (κ1) is 29.5. The summed E-state index contributed by atoms with van der Waals surface area (Å²) in [4.78, 5) is 38.4. The van der Waals surface area contributed by atoms with Crippen LogP contribution < -0.4 is 10.5 Å². The van der Waals surface area contributed by atoms with Crippen molar-refractivity contribution in [2.75, 3.05) is 31.1 Å². The number of benzene rings is 3. The third-order valence-electron chi connectivity index (χ3n) is 8.61. The molecule has 7 nitrogen and oxygen atoms in total. The summed E-state index contributed by atoms with van der Waals surface area (Å²) in [5, 5.41) is 2.22. The predicted molar refractivity (Wildman–Crippen MR) is 174 cm³/mol. The summed E-state index contributed by atoms with van der Waals surface area (Å²) in [6.45, 7) is 4.85. The largest absolute Gasteiger partial charge is 0.418 e. The van der Waals surface area contributed by atoms with Crippen molar-refractivity contribution in [2.24, 2.45) is 5.92 Å². The molecule has 1 amide bonds. The number of pyridine rings is 3. The van der Waals surface area contributed by atoms with Gasteiger partial charge in [-0.25, -0.2) is 0 Å². The Kier molecular flexibility index (Phi) is 7.22. The summed E-state index contributed by atoms with van der Waals surface area (Å²) in [5.74, 6) is -0.190. The van der Waals surface area contributed by atoms with Crippen molar-refractivity contribution >= 4 is 44.3 Å². The minimum atomic E-state index is -4.68. The van der Waals surface area contributed by atoms with Crippen molar-refractivity contribution in [3.8, 4) is 16.8 Å². The lowest BCUT2D eigenvalue weighted by Crippen LogP contribution is -2.50. The van der Waals surface area contributed by atoms with E-state index in [-0.39, 0.29) is 36.3 Å².